The van der Waals surface area contributed by atoms with Crippen LogP contribution in [0, 0.1) is 22.7 Å². The van der Waals surface area contributed by atoms with E-state index >= 15 is 0 Å². The molecule has 152 valence electrons. The SMILES string of the molecule is COC(=O)C=C(C)CCC1(C)C(C)C(OC(C)=O)CC2(C)C(C)=CCCC21. The highest BCUT2D eigenvalue weighted by atomic mass is 16.5. The number of carbonyl (C=O) groups is 2. The van der Waals surface area contributed by atoms with Crippen LogP contribution in [-0.4, -0.2) is 25.2 Å². The molecule has 0 saturated heterocycles. The molecule has 4 heteroatoms. The number of carbonyl (C=O) groups excluding carboxylic acids is 2. The highest BCUT2D eigenvalue weighted by molar-refractivity contribution is 5.82. The first-order valence-corrected chi connectivity index (χ1v) is 10.1. The molecule has 0 N–H and O–H groups in total. The van der Waals surface area contributed by atoms with Crippen molar-refractivity contribution < 1.29 is 19.1 Å². The van der Waals surface area contributed by atoms with E-state index in [4.69, 9.17) is 9.47 Å². The van der Waals surface area contributed by atoms with Crippen molar-refractivity contribution >= 4 is 11.9 Å². The van der Waals surface area contributed by atoms with Gasteiger partial charge in [-0.1, -0.05) is 38.0 Å². The van der Waals surface area contributed by atoms with Crippen molar-refractivity contribution in [3.8, 4) is 0 Å². The van der Waals surface area contributed by atoms with E-state index in [0.717, 1.165) is 31.3 Å². The summed E-state index contributed by atoms with van der Waals surface area (Å²) in [6, 6.07) is 0. The molecule has 5 unspecified atom stereocenters. The Kier molecular flexibility index (Phi) is 6.59. The summed E-state index contributed by atoms with van der Waals surface area (Å²) in [5, 5.41) is 0. The van der Waals surface area contributed by atoms with Gasteiger partial charge < -0.3 is 9.47 Å². The molecule has 0 aromatic carbocycles. The van der Waals surface area contributed by atoms with E-state index in [0.29, 0.717) is 5.92 Å². The van der Waals surface area contributed by atoms with Crippen LogP contribution in [0.4, 0.5) is 0 Å². The molecule has 0 heterocycles. The van der Waals surface area contributed by atoms with Gasteiger partial charge >= 0.3 is 11.9 Å². The fourth-order valence-corrected chi connectivity index (χ4v) is 5.55. The molecule has 0 spiro atoms. The van der Waals surface area contributed by atoms with Crippen molar-refractivity contribution in [2.75, 3.05) is 7.11 Å². The normalized spacial score (nSPS) is 36.5. The summed E-state index contributed by atoms with van der Waals surface area (Å²) in [7, 11) is 1.41. The molecular formula is C23H36O4. The van der Waals surface area contributed by atoms with Gasteiger partial charge in [0.1, 0.15) is 6.10 Å². The average Bonchev–Trinajstić information content (AvgIpc) is 2.59. The smallest absolute Gasteiger partial charge is 0.330 e. The average molecular weight is 377 g/mol. The molecule has 0 amide bonds. The van der Waals surface area contributed by atoms with E-state index < -0.39 is 0 Å². The molecule has 0 aliphatic heterocycles. The predicted molar refractivity (Wildman–Crippen MR) is 107 cm³/mol. The molecule has 1 fully saturated rings. The van der Waals surface area contributed by atoms with Crippen LogP contribution < -0.4 is 0 Å². The molecule has 27 heavy (non-hydrogen) atoms. The number of esters is 2. The third-order valence-corrected chi connectivity index (χ3v) is 7.54. The second-order valence-corrected chi connectivity index (χ2v) is 9.09. The minimum Gasteiger partial charge on any atom is -0.466 e. The zero-order valence-corrected chi connectivity index (χ0v) is 18.1. The number of ether oxygens (including phenoxy) is 2. The monoisotopic (exact) mass is 376 g/mol. The second kappa shape index (κ2) is 8.20. The fourth-order valence-electron chi connectivity index (χ4n) is 5.55. The zero-order valence-electron chi connectivity index (χ0n) is 18.1. The lowest BCUT2D eigenvalue weighted by molar-refractivity contribution is -0.169. The van der Waals surface area contributed by atoms with Gasteiger partial charge in [-0.2, -0.15) is 0 Å². The molecular weight excluding hydrogens is 340 g/mol. The molecule has 2 aliphatic carbocycles. The zero-order chi connectivity index (χ0) is 20.4. The lowest BCUT2D eigenvalue weighted by Crippen LogP contribution is -2.55. The minimum absolute atomic E-state index is 0.0356. The first-order chi connectivity index (χ1) is 12.5. The largest absolute Gasteiger partial charge is 0.466 e. The van der Waals surface area contributed by atoms with Gasteiger partial charge in [0.05, 0.1) is 7.11 Å². The van der Waals surface area contributed by atoms with Gasteiger partial charge in [0, 0.05) is 13.0 Å². The van der Waals surface area contributed by atoms with Crippen LogP contribution in [0.2, 0.25) is 0 Å². The summed E-state index contributed by atoms with van der Waals surface area (Å²) in [5.41, 5.74) is 2.55. The molecule has 0 bridgehead atoms. The summed E-state index contributed by atoms with van der Waals surface area (Å²) in [5.74, 6) is 0.322. The quantitative estimate of drug-likeness (QED) is 0.375. The highest BCUT2D eigenvalue weighted by Gasteiger charge is 2.57. The second-order valence-electron chi connectivity index (χ2n) is 9.09. The Labute approximate surface area is 164 Å². The van der Waals surface area contributed by atoms with Crippen molar-refractivity contribution in [2.45, 2.75) is 79.8 Å². The molecule has 1 saturated carbocycles. The number of methoxy groups -OCH3 is 1. The first-order valence-electron chi connectivity index (χ1n) is 10.1. The Balaban J connectivity index is 2.34. The van der Waals surface area contributed by atoms with E-state index in [1.54, 1.807) is 6.08 Å². The van der Waals surface area contributed by atoms with Gasteiger partial charge in [0.15, 0.2) is 0 Å². The van der Waals surface area contributed by atoms with Gasteiger partial charge in [-0.15, -0.1) is 0 Å². The topological polar surface area (TPSA) is 52.6 Å². The van der Waals surface area contributed by atoms with Crippen molar-refractivity contribution in [2.24, 2.45) is 22.7 Å². The summed E-state index contributed by atoms with van der Waals surface area (Å²) in [4.78, 5) is 23.3. The summed E-state index contributed by atoms with van der Waals surface area (Å²) in [6.07, 6.45) is 8.88. The number of fused-ring (bicyclic) bond motifs is 1. The summed E-state index contributed by atoms with van der Waals surface area (Å²) < 4.78 is 10.6. The molecule has 0 radical (unpaired) electrons. The van der Waals surface area contributed by atoms with Crippen molar-refractivity contribution in [1.82, 2.24) is 0 Å². The molecule has 2 aliphatic rings. The Morgan fingerprint density at radius 3 is 2.56 bits per heavy atom. The first kappa shape index (κ1) is 21.7. The summed E-state index contributed by atoms with van der Waals surface area (Å²) in [6.45, 7) is 12.7. The van der Waals surface area contributed by atoms with Crippen LogP contribution in [0.5, 0.6) is 0 Å². The van der Waals surface area contributed by atoms with Gasteiger partial charge in [-0.3, -0.25) is 4.79 Å². The number of hydrogen-bond acceptors (Lipinski definition) is 4. The minimum atomic E-state index is -0.298. The number of hydrogen-bond donors (Lipinski definition) is 0. The van der Waals surface area contributed by atoms with Crippen molar-refractivity contribution in [3.05, 3.63) is 23.3 Å². The lowest BCUT2D eigenvalue weighted by Gasteiger charge is -2.60. The van der Waals surface area contributed by atoms with Crippen molar-refractivity contribution in [3.63, 3.8) is 0 Å². The fraction of sp³-hybridized carbons (Fsp3) is 0.739. The highest BCUT2D eigenvalue weighted by Crippen LogP contribution is 2.62. The van der Waals surface area contributed by atoms with E-state index in [-0.39, 0.29) is 34.8 Å². The van der Waals surface area contributed by atoms with Crippen LogP contribution in [0.1, 0.15) is 73.6 Å². The maximum Gasteiger partial charge on any atom is 0.330 e. The van der Waals surface area contributed by atoms with Gasteiger partial charge in [-0.25, -0.2) is 4.79 Å². The Morgan fingerprint density at radius 2 is 1.96 bits per heavy atom. The maximum absolute atomic E-state index is 11.7. The molecule has 5 atom stereocenters. The standard InChI is InChI=1S/C23H36O4/c1-15(13-21(25)26-7)11-12-22(5)17(3)19(27-18(4)24)14-23(6)16(2)9-8-10-20(22)23/h9,13,17,19-20H,8,10-12,14H2,1-7H3. The molecule has 0 aromatic heterocycles. The van der Waals surface area contributed by atoms with Crippen LogP contribution in [0.15, 0.2) is 23.3 Å². The van der Waals surface area contributed by atoms with Crippen LogP contribution >= 0.6 is 0 Å². The van der Waals surface area contributed by atoms with Crippen molar-refractivity contribution in [1.29, 1.82) is 0 Å². The maximum atomic E-state index is 11.7. The predicted octanol–water partition coefficient (Wildman–Crippen LogP) is 5.23. The van der Waals surface area contributed by atoms with Crippen LogP contribution in [0.25, 0.3) is 0 Å². The molecule has 4 nitrogen and oxygen atoms in total. The van der Waals surface area contributed by atoms with Gasteiger partial charge in [0.2, 0.25) is 0 Å². The lowest BCUT2D eigenvalue weighted by atomic mass is 9.46. The Morgan fingerprint density at radius 1 is 1.30 bits per heavy atom. The van der Waals surface area contributed by atoms with E-state index in [1.165, 1.54) is 26.0 Å². The molecule has 2 rings (SSSR count). The van der Waals surface area contributed by atoms with Gasteiger partial charge in [0.25, 0.3) is 0 Å². The van der Waals surface area contributed by atoms with Crippen LogP contribution in [-0.2, 0) is 19.1 Å². The summed E-state index contributed by atoms with van der Waals surface area (Å²) >= 11 is 0. The Hall–Kier alpha value is -1.58. The third-order valence-electron chi connectivity index (χ3n) is 7.54. The van der Waals surface area contributed by atoms with E-state index in [2.05, 4.69) is 33.8 Å². The number of rotatable bonds is 5. The van der Waals surface area contributed by atoms with Gasteiger partial charge in [-0.05, 0) is 68.6 Å². The van der Waals surface area contributed by atoms with E-state index in [9.17, 15) is 9.59 Å². The number of allylic oxidation sites excluding steroid dienone is 3. The third kappa shape index (κ3) is 4.30. The Bertz CT molecular complexity index is 647. The van der Waals surface area contributed by atoms with Crippen LogP contribution in [0.3, 0.4) is 0 Å². The molecule has 0 aromatic rings. The van der Waals surface area contributed by atoms with E-state index in [1.807, 2.05) is 6.92 Å².